The fraction of sp³-hybridized carbons (Fsp3) is 0.379. The van der Waals surface area contributed by atoms with Gasteiger partial charge < -0.3 is 10.2 Å². The number of aliphatic carboxylic acids is 2. The molecule has 0 spiro atoms. The first-order valence-corrected chi connectivity index (χ1v) is 11.3. The van der Waals surface area contributed by atoms with Crippen molar-refractivity contribution in [3.8, 4) is 23.7 Å². The number of carbonyl (C=O) groups is 2. The Morgan fingerprint density at radius 1 is 0.727 bits per heavy atom. The first-order chi connectivity index (χ1) is 15.7. The van der Waals surface area contributed by atoms with Crippen molar-refractivity contribution in [2.45, 2.75) is 58.8 Å². The molecule has 4 nitrogen and oxygen atoms in total. The molecule has 0 fully saturated rings. The molecular formula is C29H32O4. The molecule has 0 saturated carbocycles. The van der Waals surface area contributed by atoms with Gasteiger partial charge >= 0.3 is 11.9 Å². The van der Waals surface area contributed by atoms with E-state index in [9.17, 15) is 19.8 Å². The zero-order valence-electron chi connectivity index (χ0n) is 19.8. The molecule has 2 aromatic carbocycles. The fourth-order valence-corrected chi connectivity index (χ4v) is 3.60. The third-order valence-corrected chi connectivity index (χ3v) is 5.73. The third-order valence-electron chi connectivity index (χ3n) is 5.73. The number of carboxylic acid groups (broad SMARTS) is 2. The van der Waals surface area contributed by atoms with Gasteiger partial charge in [-0.1, -0.05) is 88.1 Å². The zero-order valence-corrected chi connectivity index (χ0v) is 19.8. The minimum Gasteiger partial charge on any atom is -0.480 e. The highest BCUT2D eigenvalue weighted by Crippen LogP contribution is 2.32. The number of hydrogen-bond acceptors (Lipinski definition) is 2. The van der Waals surface area contributed by atoms with Crippen LogP contribution in [0.5, 0.6) is 0 Å². The summed E-state index contributed by atoms with van der Waals surface area (Å²) in [4.78, 5) is 22.9. The number of rotatable bonds is 8. The van der Waals surface area contributed by atoms with Crippen LogP contribution in [0.3, 0.4) is 0 Å². The van der Waals surface area contributed by atoms with Crippen LogP contribution in [0.1, 0.15) is 62.8 Å². The highest BCUT2D eigenvalue weighted by molar-refractivity contribution is 5.74. The first kappa shape index (κ1) is 25.8. The van der Waals surface area contributed by atoms with Crippen LogP contribution in [-0.2, 0) is 27.8 Å². The van der Waals surface area contributed by atoms with E-state index in [0.29, 0.717) is 25.7 Å². The van der Waals surface area contributed by atoms with Crippen LogP contribution in [0.25, 0.3) is 0 Å². The summed E-state index contributed by atoms with van der Waals surface area (Å²) in [6, 6.07) is 16.0. The van der Waals surface area contributed by atoms with Gasteiger partial charge in [0.05, 0.1) is 0 Å². The molecule has 2 rings (SSSR count). The summed E-state index contributed by atoms with van der Waals surface area (Å²) in [6.07, 6.45) is 2.03. The van der Waals surface area contributed by atoms with Gasteiger partial charge in [0.1, 0.15) is 11.8 Å². The lowest BCUT2D eigenvalue weighted by molar-refractivity contribution is -0.140. The van der Waals surface area contributed by atoms with Crippen LogP contribution in [0, 0.1) is 35.5 Å². The van der Waals surface area contributed by atoms with Crippen molar-refractivity contribution in [2.75, 3.05) is 0 Å². The van der Waals surface area contributed by atoms with Crippen molar-refractivity contribution in [3.63, 3.8) is 0 Å². The maximum Gasteiger partial charge on any atom is 0.319 e. The smallest absolute Gasteiger partial charge is 0.319 e. The van der Waals surface area contributed by atoms with Gasteiger partial charge in [0.2, 0.25) is 0 Å². The molecule has 0 saturated heterocycles. The summed E-state index contributed by atoms with van der Waals surface area (Å²) < 4.78 is 0. The molecule has 2 aromatic rings. The van der Waals surface area contributed by atoms with E-state index in [-0.39, 0.29) is 5.41 Å². The van der Waals surface area contributed by atoms with Crippen molar-refractivity contribution in [3.05, 3.63) is 70.8 Å². The highest BCUT2D eigenvalue weighted by atomic mass is 16.4. The fourth-order valence-electron chi connectivity index (χ4n) is 3.60. The lowest BCUT2D eigenvalue weighted by Gasteiger charge is -2.27. The summed E-state index contributed by atoms with van der Waals surface area (Å²) >= 11 is 0. The minimum atomic E-state index is -0.897. The predicted molar refractivity (Wildman–Crippen MR) is 131 cm³/mol. The predicted octanol–water partition coefficient (Wildman–Crippen LogP) is 5.33. The quantitative estimate of drug-likeness (QED) is 0.540. The third kappa shape index (κ3) is 7.26. The molecule has 0 aromatic heterocycles. The van der Waals surface area contributed by atoms with Crippen molar-refractivity contribution in [1.29, 1.82) is 0 Å². The molecule has 0 aliphatic carbocycles. The Bertz CT molecular complexity index is 983. The summed E-state index contributed by atoms with van der Waals surface area (Å²) in [5.74, 6) is 8.20. The van der Waals surface area contributed by atoms with E-state index in [1.165, 1.54) is 0 Å². The molecule has 2 N–H and O–H groups in total. The number of hydrogen-bond donors (Lipinski definition) is 2. The van der Waals surface area contributed by atoms with E-state index >= 15 is 0 Å². The second kappa shape index (κ2) is 11.9. The maximum absolute atomic E-state index is 11.5. The monoisotopic (exact) mass is 444 g/mol. The largest absolute Gasteiger partial charge is 0.480 e. The topological polar surface area (TPSA) is 74.6 Å². The van der Waals surface area contributed by atoms with E-state index in [1.54, 1.807) is 0 Å². The molecule has 2 atom stereocenters. The Hall–Kier alpha value is -3.50. The van der Waals surface area contributed by atoms with Crippen LogP contribution in [0.15, 0.2) is 48.5 Å². The minimum absolute atomic E-state index is 0.264. The van der Waals surface area contributed by atoms with Gasteiger partial charge in [-0.15, -0.1) is 11.8 Å². The highest BCUT2D eigenvalue weighted by Gasteiger charge is 2.24. The van der Waals surface area contributed by atoms with E-state index in [1.807, 2.05) is 62.4 Å². The van der Waals surface area contributed by atoms with Gasteiger partial charge in [0.15, 0.2) is 0 Å². The molecule has 0 aliphatic rings. The Kier molecular flexibility index (Phi) is 9.31. The van der Waals surface area contributed by atoms with E-state index in [2.05, 4.69) is 37.5 Å². The van der Waals surface area contributed by atoms with Gasteiger partial charge in [0, 0.05) is 18.3 Å². The van der Waals surface area contributed by atoms with E-state index in [4.69, 9.17) is 0 Å². The molecule has 0 amide bonds. The lowest BCUT2D eigenvalue weighted by Crippen LogP contribution is -2.19. The van der Waals surface area contributed by atoms with Crippen LogP contribution >= 0.6 is 0 Å². The van der Waals surface area contributed by atoms with Crippen molar-refractivity contribution >= 4 is 11.9 Å². The molecule has 0 heterocycles. The first-order valence-electron chi connectivity index (χ1n) is 11.3. The number of benzene rings is 2. The Morgan fingerprint density at radius 3 is 1.33 bits per heavy atom. The molecule has 172 valence electrons. The number of carboxylic acids is 2. The normalized spacial score (nSPS) is 12.5. The van der Waals surface area contributed by atoms with Gasteiger partial charge in [-0.3, -0.25) is 9.59 Å². The van der Waals surface area contributed by atoms with Crippen LogP contribution in [-0.4, -0.2) is 22.2 Å². The van der Waals surface area contributed by atoms with Gasteiger partial charge in [-0.2, -0.15) is 0 Å². The summed E-state index contributed by atoms with van der Waals surface area (Å²) in [6.45, 7) is 8.08. The Labute approximate surface area is 197 Å². The summed E-state index contributed by atoms with van der Waals surface area (Å²) in [5.41, 5.74) is 3.84. The molecular weight excluding hydrogens is 412 g/mol. The molecule has 4 heteroatoms. The Balaban J connectivity index is 2.17. The molecule has 0 bridgehead atoms. The molecule has 33 heavy (non-hydrogen) atoms. The van der Waals surface area contributed by atoms with Crippen molar-refractivity contribution in [1.82, 2.24) is 0 Å². The Morgan fingerprint density at radius 2 is 1.06 bits per heavy atom. The average molecular weight is 445 g/mol. The second-order valence-corrected chi connectivity index (χ2v) is 8.56. The zero-order chi connectivity index (χ0) is 24.4. The van der Waals surface area contributed by atoms with Gasteiger partial charge in [-0.05, 0) is 35.1 Å². The van der Waals surface area contributed by atoms with Crippen molar-refractivity contribution < 1.29 is 19.8 Å². The lowest BCUT2D eigenvalue weighted by atomic mass is 9.77. The van der Waals surface area contributed by atoms with Crippen LogP contribution in [0.2, 0.25) is 0 Å². The summed E-state index contributed by atoms with van der Waals surface area (Å²) in [5, 5.41) is 18.8. The van der Waals surface area contributed by atoms with Gasteiger partial charge in [-0.25, -0.2) is 0 Å². The van der Waals surface area contributed by atoms with E-state index < -0.39 is 23.8 Å². The van der Waals surface area contributed by atoms with Crippen molar-refractivity contribution in [2.24, 2.45) is 11.8 Å². The van der Waals surface area contributed by atoms with Crippen LogP contribution < -0.4 is 0 Å². The SMILES string of the molecule is CCC#CC(Cc1ccc(C(C)(C)c2ccc(CC(C#CCC)C(=O)O)cc2)cc1)C(=O)O. The van der Waals surface area contributed by atoms with Gasteiger partial charge in [0.25, 0.3) is 0 Å². The summed E-state index contributed by atoms with van der Waals surface area (Å²) in [7, 11) is 0. The standard InChI is InChI=1S/C29H32O4/c1-5-7-9-23(27(30)31)19-21-11-15-25(16-12-21)29(3,4)26-17-13-22(14-18-26)20-24(28(32)33)10-8-6-2/h11-18,23-24H,5-6,19-20H2,1-4H3,(H,30,31)(H,32,33). The second-order valence-electron chi connectivity index (χ2n) is 8.56. The maximum atomic E-state index is 11.5. The molecule has 0 aliphatic heterocycles. The molecule has 2 unspecified atom stereocenters. The van der Waals surface area contributed by atoms with Crippen LogP contribution in [0.4, 0.5) is 0 Å². The van der Waals surface area contributed by atoms with E-state index in [0.717, 1.165) is 22.3 Å². The molecule has 0 radical (unpaired) electrons. The average Bonchev–Trinajstić information content (AvgIpc) is 2.79.